The first-order chi connectivity index (χ1) is 10.5. The number of methoxy groups -OCH3 is 2. The highest BCUT2D eigenvalue weighted by molar-refractivity contribution is 5.99. The first kappa shape index (κ1) is 14.1. The Morgan fingerprint density at radius 3 is 2.45 bits per heavy atom. The molecule has 2 aromatic carbocycles. The summed E-state index contributed by atoms with van der Waals surface area (Å²) in [7, 11) is 4.61. The molecule has 0 radical (unpaired) electrons. The van der Waals surface area contributed by atoms with Crippen LogP contribution in [-0.4, -0.2) is 29.0 Å². The van der Waals surface area contributed by atoms with Gasteiger partial charge in [0, 0.05) is 19.2 Å². The van der Waals surface area contributed by atoms with E-state index in [2.05, 4.69) is 0 Å². The molecule has 6 nitrogen and oxygen atoms in total. The lowest BCUT2D eigenvalue weighted by Gasteiger charge is -2.15. The summed E-state index contributed by atoms with van der Waals surface area (Å²) in [5, 5.41) is 20.9. The Bertz CT molecular complexity index is 959. The molecule has 3 rings (SSSR count). The van der Waals surface area contributed by atoms with Gasteiger partial charge in [0.2, 0.25) is 5.43 Å². The minimum atomic E-state index is -0.360. The van der Waals surface area contributed by atoms with Crippen molar-refractivity contribution in [3.8, 4) is 23.0 Å². The molecular formula is C16H15NO5. The van der Waals surface area contributed by atoms with Crippen LogP contribution in [0.25, 0.3) is 21.8 Å². The molecule has 2 N–H and O–H groups in total. The maximum Gasteiger partial charge on any atom is 0.201 e. The highest BCUT2D eigenvalue weighted by Gasteiger charge is 2.18. The van der Waals surface area contributed by atoms with Crippen LogP contribution in [0.3, 0.4) is 0 Å². The van der Waals surface area contributed by atoms with Gasteiger partial charge in [0.15, 0.2) is 11.5 Å². The second kappa shape index (κ2) is 4.84. The summed E-state index contributed by atoms with van der Waals surface area (Å²) in [6.45, 7) is 0. The summed E-state index contributed by atoms with van der Waals surface area (Å²) in [5.41, 5.74) is 0.434. The molecule has 0 unspecified atom stereocenters. The van der Waals surface area contributed by atoms with Gasteiger partial charge >= 0.3 is 0 Å². The van der Waals surface area contributed by atoms with Gasteiger partial charge in [-0.1, -0.05) is 0 Å². The highest BCUT2D eigenvalue weighted by atomic mass is 16.5. The maximum atomic E-state index is 12.6. The summed E-state index contributed by atoms with van der Waals surface area (Å²) in [6, 6.07) is 6.11. The lowest BCUT2D eigenvalue weighted by molar-refractivity contribution is 0.375. The topological polar surface area (TPSA) is 80.9 Å². The normalized spacial score (nSPS) is 11.0. The highest BCUT2D eigenvalue weighted by Crippen LogP contribution is 2.36. The van der Waals surface area contributed by atoms with E-state index in [1.54, 1.807) is 23.7 Å². The predicted octanol–water partition coefficient (Wildman–Crippen LogP) is 2.12. The summed E-state index contributed by atoms with van der Waals surface area (Å²) < 4.78 is 11.8. The van der Waals surface area contributed by atoms with E-state index in [-0.39, 0.29) is 28.1 Å². The molecule has 22 heavy (non-hydrogen) atoms. The Morgan fingerprint density at radius 2 is 1.82 bits per heavy atom. The molecule has 0 fully saturated rings. The number of pyridine rings is 1. The molecule has 3 aromatic rings. The summed E-state index contributed by atoms with van der Waals surface area (Å²) in [4.78, 5) is 12.6. The van der Waals surface area contributed by atoms with E-state index >= 15 is 0 Å². The number of ether oxygens (including phenoxy) is 2. The first-order valence-electron chi connectivity index (χ1n) is 6.59. The van der Waals surface area contributed by atoms with Crippen LogP contribution in [0.1, 0.15) is 0 Å². The third kappa shape index (κ3) is 1.77. The van der Waals surface area contributed by atoms with Crippen molar-refractivity contribution in [2.75, 3.05) is 14.2 Å². The fourth-order valence-corrected chi connectivity index (χ4v) is 2.71. The van der Waals surface area contributed by atoms with Gasteiger partial charge < -0.3 is 24.3 Å². The van der Waals surface area contributed by atoms with Crippen molar-refractivity contribution in [3.05, 3.63) is 34.5 Å². The standard InChI is InChI=1S/C16H15NO5/c1-17-10-6-8(21-2)7-11(18)13(10)15(19)9-4-5-12(22-3)16(20)14(9)17/h4-7,18,20H,1-3H3. The molecule has 0 amide bonds. The number of phenols is 2. The number of aromatic hydroxyl groups is 2. The monoisotopic (exact) mass is 301 g/mol. The first-order valence-corrected chi connectivity index (χ1v) is 6.59. The van der Waals surface area contributed by atoms with Crippen LogP contribution in [0.15, 0.2) is 29.1 Å². The Labute approximate surface area is 125 Å². The molecule has 0 aliphatic heterocycles. The molecule has 114 valence electrons. The summed E-state index contributed by atoms with van der Waals surface area (Å²) in [6.07, 6.45) is 0. The smallest absolute Gasteiger partial charge is 0.201 e. The number of nitrogens with zero attached hydrogens (tertiary/aromatic N) is 1. The van der Waals surface area contributed by atoms with Crippen molar-refractivity contribution in [2.45, 2.75) is 0 Å². The quantitative estimate of drug-likeness (QED) is 0.709. The Hall–Kier alpha value is -2.89. The molecule has 0 spiro atoms. The van der Waals surface area contributed by atoms with Crippen LogP contribution in [0.2, 0.25) is 0 Å². The van der Waals surface area contributed by atoms with Crippen molar-refractivity contribution in [3.63, 3.8) is 0 Å². The summed E-state index contributed by atoms with van der Waals surface area (Å²) in [5.74, 6) is 0.409. The molecule has 1 heterocycles. The second-order valence-electron chi connectivity index (χ2n) is 4.94. The van der Waals surface area contributed by atoms with Crippen molar-refractivity contribution in [2.24, 2.45) is 7.05 Å². The minimum absolute atomic E-state index is 0.121. The molecule has 0 aliphatic rings. The zero-order chi connectivity index (χ0) is 16.0. The molecule has 0 aliphatic carbocycles. The van der Waals surface area contributed by atoms with Gasteiger partial charge in [-0.2, -0.15) is 0 Å². The lowest BCUT2D eigenvalue weighted by Crippen LogP contribution is -2.10. The summed E-state index contributed by atoms with van der Waals surface area (Å²) >= 11 is 0. The van der Waals surface area contributed by atoms with Gasteiger partial charge in [-0.05, 0) is 12.1 Å². The average Bonchev–Trinajstić information content (AvgIpc) is 2.51. The predicted molar refractivity (Wildman–Crippen MR) is 83.1 cm³/mol. The fourth-order valence-electron chi connectivity index (χ4n) is 2.71. The van der Waals surface area contributed by atoms with Crippen molar-refractivity contribution < 1.29 is 19.7 Å². The van der Waals surface area contributed by atoms with Gasteiger partial charge in [0.25, 0.3) is 0 Å². The number of aryl methyl sites for hydroxylation is 1. The van der Waals surface area contributed by atoms with E-state index in [9.17, 15) is 15.0 Å². The van der Waals surface area contributed by atoms with E-state index in [0.717, 1.165) is 0 Å². The number of benzene rings is 2. The zero-order valence-electron chi connectivity index (χ0n) is 12.4. The molecule has 0 bridgehead atoms. The third-order valence-corrected chi connectivity index (χ3v) is 3.81. The number of fused-ring (bicyclic) bond motifs is 2. The van der Waals surface area contributed by atoms with Gasteiger partial charge in [0.1, 0.15) is 11.5 Å². The molecule has 6 heteroatoms. The molecule has 0 saturated carbocycles. The lowest BCUT2D eigenvalue weighted by atomic mass is 10.1. The van der Waals surface area contributed by atoms with Crippen LogP contribution in [0.5, 0.6) is 23.0 Å². The van der Waals surface area contributed by atoms with E-state index in [1.165, 1.54) is 26.4 Å². The van der Waals surface area contributed by atoms with Gasteiger partial charge in [-0.15, -0.1) is 0 Å². The molecule has 0 saturated heterocycles. The van der Waals surface area contributed by atoms with Crippen molar-refractivity contribution in [1.82, 2.24) is 4.57 Å². The Kier molecular flexibility index (Phi) is 3.09. The van der Waals surface area contributed by atoms with Crippen LogP contribution < -0.4 is 14.9 Å². The van der Waals surface area contributed by atoms with E-state index in [1.807, 2.05) is 0 Å². The fraction of sp³-hybridized carbons (Fsp3) is 0.188. The minimum Gasteiger partial charge on any atom is -0.507 e. The number of rotatable bonds is 2. The maximum absolute atomic E-state index is 12.6. The second-order valence-corrected chi connectivity index (χ2v) is 4.94. The van der Waals surface area contributed by atoms with Crippen molar-refractivity contribution in [1.29, 1.82) is 0 Å². The van der Waals surface area contributed by atoms with E-state index < -0.39 is 0 Å². The van der Waals surface area contributed by atoms with Gasteiger partial charge in [-0.25, -0.2) is 0 Å². The van der Waals surface area contributed by atoms with Gasteiger partial charge in [0.05, 0.1) is 36.0 Å². The largest absolute Gasteiger partial charge is 0.507 e. The Balaban J connectivity index is 2.62. The van der Waals surface area contributed by atoms with Crippen LogP contribution in [0, 0.1) is 0 Å². The molecule has 1 aromatic heterocycles. The van der Waals surface area contributed by atoms with Crippen LogP contribution in [0.4, 0.5) is 0 Å². The average molecular weight is 301 g/mol. The SMILES string of the molecule is COc1cc(O)c2c(=O)c3ccc(OC)c(O)c3n(C)c2c1. The van der Waals surface area contributed by atoms with Crippen LogP contribution in [-0.2, 0) is 7.05 Å². The number of hydrogen-bond acceptors (Lipinski definition) is 5. The molecule has 0 atom stereocenters. The zero-order valence-corrected chi connectivity index (χ0v) is 12.4. The number of phenolic OH excluding ortho intramolecular Hbond substituents is 2. The van der Waals surface area contributed by atoms with Gasteiger partial charge in [-0.3, -0.25) is 4.79 Å². The van der Waals surface area contributed by atoms with E-state index in [4.69, 9.17) is 9.47 Å². The van der Waals surface area contributed by atoms with E-state index in [0.29, 0.717) is 22.2 Å². The van der Waals surface area contributed by atoms with Crippen molar-refractivity contribution >= 4 is 21.8 Å². The molecular weight excluding hydrogens is 286 g/mol. The van der Waals surface area contributed by atoms with Crippen LogP contribution >= 0.6 is 0 Å². The number of aromatic nitrogens is 1. The third-order valence-electron chi connectivity index (χ3n) is 3.81. The Morgan fingerprint density at radius 1 is 1.09 bits per heavy atom. The number of hydrogen-bond donors (Lipinski definition) is 2.